The van der Waals surface area contributed by atoms with E-state index in [1.165, 1.54) is 11.9 Å². The number of carbonyl (C=O) groups excluding carboxylic acids is 4. The van der Waals surface area contributed by atoms with Crippen LogP contribution in [0, 0.1) is 6.92 Å². The van der Waals surface area contributed by atoms with Gasteiger partial charge in [0.15, 0.2) is 5.54 Å². The van der Waals surface area contributed by atoms with Crippen molar-refractivity contribution in [2.45, 2.75) is 18.9 Å². The van der Waals surface area contributed by atoms with E-state index in [0.29, 0.717) is 17.0 Å². The quantitative estimate of drug-likeness (QED) is 0.693. The standard InChI is InChI=1S/C23H24N4O5/c1-15-7-9-16(10-8-15)24-19(28)13-26(2)20(29)14-27-21(30)23(25-22(27)31)11-12-32-18-6-4-3-5-17(18)23/h3-10H,11-14H2,1-2H3,(H,24,28)(H,25,31). The maximum absolute atomic E-state index is 13.2. The molecule has 9 nitrogen and oxygen atoms in total. The van der Waals surface area contributed by atoms with E-state index in [4.69, 9.17) is 4.74 Å². The number of rotatable bonds is 5. The lowest BCUT2D eigenvalue weighted by Crippen LogP contribution is -2.48. The number of imide groups is 1. The number of hydrogen-bond donors (Lipinski definition) is 2. The maximum atomic E-state index is 13.2. The van der Waals surface area contributed by atoms with Crippen LogP contribution in [0.4, 0.5) is 10.5 Å². The first-order chi connectivity index (χ1) is 15.3. The number of carbonyl (C=O) groups is 4. The number of urea groups is 1. The lowest BCUT2D eigenvalue weighted by molar-refractivity contribution is -0.139. The molecule has 2 aliphatic rings. The fraction of sp³-hybridized carbons (Fsp3) is 0.304. The van der Waals surface area contributed by atoms with Crippen molar-refractivity contribution in [1.29, 1.82) is 0 Å². The van der Waals surface area contributed by atoms with Crippen LogP contribution in [-0.4, -0.2) is 60.3 Å². The number of hydrogen-bond acceptors (Lipinski definition) is 5. The van der Waals surface area contributed by atoms with Crippen molar-refractivity contribution in [3.05, 3.63) is 59.7 Å². The topological polar surface area (TPSA) is 108 Å². The van der Waals surface area contributed by atoms with E-state index in [-0.39, 0.29) is 25.5 Å². The number of aryl methyl sites for hydroxylation is 1. The monoisotopic (exact) mass is 436 g/mol. The molecule has 4 rings (SSSR count). The van der Waals surface area contributed by atoms with Crippen LogP contribution in [-0.2, 0) is 19.9 Å². The second kappa shape index (κ2) is 8.33. The van der Waals surface area contributed by atoms with E-state index in [0.717, 1.165) is 10.5 Å². The molecule has 1 atom stereocenters. The summed E-state index contributed by atoms with van der Waals surface area (Å²) in [6.07, 6.45) is 0.272. The Balaban J connectivity index is 1.41. The average molecular weight is 436 g/mol. The minimum atomic E-state index is -1.24. The van der Waals surface area contributed by atoms with Gasteiger partial charge < -0.3 is 20.3 Å². The highest BCUT2D eigenvalue weighted by Gasteiger charge is 2.55. The van der Waals surface area contributed by atoms with Crippen LogP contribution in [0.5, 0.6) is 5.75 Å². The maximum Gasteiger partial charge on any atom is 0.325 e. The number of amides is 5. The largest absolute Gasteiger partial charge is 0.493 e. The van der Waals surface area contributed by atoms with Crippen molar-refractivity contribution >= 4 is 29.4 Å². The summed E-state index contributed by atoms with van der Waals surface area (Å²) in [6, 6.07) is 13.7. The molecule has 9 heteroatoms. The van der Waals surface area contributed by atoms with Crippen LogP contribution in [0.3, 0.4) is 0 Å². The number of nitrogens with zero attached hydrogens (tertiary/aromatic N) is 2. The summed E-state index contributed by atoms with van der Waals surface area (Å²) in [5, 5.41) is 5.47. The van der Waals surface area contributed by atoms with Gasteiger partial charge in [0.1, 0.15) is 12.3 Å². The first-order valence-electron chi connectivity index (χ1n) is 10.3. The molecule has 2 aliphatic heterocycles. The van der Waals surface area contributed by atoms with E-state index in [9.17, 15) is 19.2 Å². The van der Waals surface area contributed by atoms with Crippen LogP contribution in [0.2, 0.25) is 0 Å². The smallest absolute Gasteiger partial charge is 0.325 e. The Morgan fingerprint density at radius 3 is 2.62 bits per heavy atom. The number of anilines is 1. The fourth-order valence-corrected chi connectivity index (χ4v) is 3.91. The molecule has 32 heavy (non-hydrogen) atoms. The van der Waals surface area contributed by atoms with Crippen molar-refractivity contribution in [1.82, 2.24) is 15.1 Å². The highest BCUT2D eigenvalue weighted by molar-refractivity contribution is 6.10. The number of benzene rings is 2. The average Bonchev–Trinajstić information content (AvgIpc) is 3.00. The second-order valence-electron chi connectivity index (χ2n) is 7.99. The third-order valence-corrected chi connectivity index (χ3v) is 5.69. The summed E-state index contributed by atoms with van der Waals surface area (Å²) in [6.45, 7) is 1.54. The van der Waals surface area contributed by atoms with Crippen LogP contribution in [0.15, 0.2) is 48.5 Å². The zero-order valence-electron chi connectivity index (χ0n) is 17.9. The van der Waals surface area contributed by atoms with Gasteiger partial charge in [0.2, 0.25) is 11.8 Å². The zero-order chi connectivity index (χ0) is 22.9. The Hall–Kier alpha value is -3.88. The van der Waals surface area contributed by atoms with Gasteiger partial charge in [0.05, 0.1) is 13.2 Å². The van der Waals surface area contributed by atoms with Gasteiger partial charge in [-0.3, -0.25) is 19.3 Å². The van der Waals surface area contributed by atoms with Gasteiger partial charge in [-0.2, -0.15) is 0 Å². The molecule has 1 unspecified atom stereocenters. The first kappa shape index (κ1) is 21.4. The Labute approximate surface area is 185 Å². The molecule has 2 aromatic carbocycles. The number of para-hydroxylation sites is 1. The third kappa shape index (κ3) is 3.89. The number of nitrogens with one attached hydrogen (secondary N) is 2. The summed E-state index contributed by atoms with van der Waals surface area (Å²) >= 11 is 0. The molecule has 1 spiro atoms. The minimum Gasteiger partial charge on any atom is -0.493 e. The summed E-state index contributed by atoms with van der Waals surface area (Å²) < 4.78 is 5.61. The highest BCUT2D eigenvalue weighted by Crippen LogP contribution is 2.40. The first-order valence-corrected chi connectivity index (χ1v) is 10.3. The van der Waals surface area contributed by atoms with Gasteiger partial charge in [0.25, 0.3) is 5.91 Å². The Morgan fingerprint density at radius 2 is 1.88 bits per heavy atom. The van der Waals surface area contributed by atoms with E-state index < -0.39 is 29.9 Å². The lowest BCUT2D eigenvalue weighted by atomic mass is 9.84. The van der Waals surface area contributed by atoms with Crippen molar-refractivity contribution < 1.29 is 23.9 Å². The van der Waals surface area contributed by atoms with Gasteiger partial charge in [-0.1, -0.05) is 35.9 Å². The van der Waals surface area contributed by atoms with Crippen LogP contribution in [0.1, 0.15) is 17.5 Å². The van der Waals surface area contributed by atoms with Crippen molar-refractivity contribution in [3.8, 4) is 5.75 Å². The SMILES string of the molecule is Cc1ccc(NC(=O)CN(C)C(=O)CN2C(=O)NC3(CCOc4ccccc43)C2=O)cc1. The number of fused-ring (bicyclic) bond motifs is 2. The van der Waals surface area contributed by atoms with Gasteiger partial charge in [0, 0.05) is 24.7 Å². The summed E-state index contributed by atoms with van der Waals surface area (Å²) in [7, 11) is 1.45. The Kier molecular flexibility index (Phi) is 5.56. The molecule has 2 N–H and O–H groups in total. The molecule has 1 fully saturated rings. The Bertz CT molecular complexity index is 1080. The summed E-state index contributed by atoms with van der Waals surface area (Å²) in [4.78, 5) is 52.9. The highest BCUT2D eigenvalue weighted by atomic mass is 16.5. The molecular formula is C23H24N4O5. The van der Waals surface area contributed by atoms with Crippen molar-refractivity contribution in [3.63, 3.8) is 0 Å². The second-order valence-corrected chi connectivity index (χ2v) is 7.99. The summed E-state index contributed by atoms with van der Waals surface area (Å²) in [5.74, 6) is -0.865. The molecule has 166 valence electrons. The predicted molar refractivity (Wildman–Crippen MR) is 116 cm³/mol. The minimum absolute atomic E-state index is 0.210. The van der Waals surface area contributed by atoms with Gasteiger partial charge >= 0.3 is 6.03 Å². The lowest BCUT2D eigenvalue weighted by Gasteiger charge is -2.33. The normalized spacial score (nSPS) is 19.2. The molecule has 0 radical (unpaired) electrons. The van der Waals surface area contributed by atoms with Crippen LogP contribution < -0.4 is 15.4 Å². The molecule has 2 heterocycles. The van der Waals surface area contributed by atoms with Crippen LogP contribution >= 0.6 is 0 Å². The fourth-order valence-electron chi connectivity index (χ4n) is 3.91. The molecule has 0 bridgehead atoms. The van der Waals surface area contributed by atoms with E-state index in [1.807, 2.05) is 19.1 Å². The molecule has 1 saturated heterocycles. The molecule has 0 aliphatic carbocycles. The van der Waals surface area contributed by atoms with Gasteiger partial charge in [-0.05, 0) is 25.1 Å². The van der Waals surface area contributed by atoms with Crippen LogP contribution in [0.25, 0.3) is 0 Å². The third-order valence-electron chi connectivity index (χ3n) is 5.69. The summed E-state index contributed by atoms with van der Waals surface area (Å²) in [5.41, 5.74) is 1.02. The van der Waals surface area contributed by atoms with E-state index in [2.05, 4.69) is 10.6 Å². The number of ether oxygens (including phenoxy) is 1. The van der Waals surface area contributed by atoms with E-state index in [1.54, 1.807) is 36.4 Å². The van der Waals surface area contributed by atoms with E-state index >= 15 is 0 Å². The Morgan fingerprint density at radius 1 is 1.16 bits per heavy atom. The van der Waals surface area contributed by atoms with Gasteiger partial charge in [-0.25, -0.2) is 4.79 Å². The van der Waals surface area contributed by atoms with Gasteiger partial charge in [-0.15, -0.1) is 0 Å². The van der Waals surface area contributed by atoms with Crippen molar-refractivity contribution in [2.75, 3.05) is 32.1 Å². The molecule has 0 aromatic heterocycles. The predicted octanol–water partition coefficient (Wildman–Crippen LogP) is 1.62. The van der Waals surface area contributed by atoms with Crippen molar-refractivity contribution in [2.24, 2.45) is 0 Å². The molecule has 5 amide bonds. The molecular weight excluding hydrogens is 412 g/mol. The molecule has 2 aromatic rings. The molecule has 0 saturated carbocycles. The zero-order valence-corrected chi connectivity index (χ0v) is 17.9. The number of likely N-dealkylation sites (N-methyl/N-ethyl adjacent to an activating group) is 1.